The third-order valence-electron chi connectivity index (χ3n) is 6.25. The molecule has 1 unspecified atom stereocenters. The van der Waals surface area contributed by atoms with Crippen LogP contribution in [0.25, 0.3) is 5.76 Å². The number of ketones is 1. The third-order valence-corrected chi connectivity index (χ3v) is 6.25. The number of hydrogen-bond acceptors (Lipinski definition) is 3. The number of aliphatic hydroxyl groups excluding tert-OH is 1. The average Bonchev–Trinajstić information content (AvgIpc) is 3.03. The number of anilines is 1. The lowest BCUT2D eigenvalue weighted by Gasteiger charge is -2.26. The molecule has 0 spiro atoms. The van der Waals surface area contributed by atoms with Crippen LogP contribution in [0.1, 0.15) is 54.6 Å². The zero-order valence-electron chi connectivity index (χ0n) is 20.0. The van der Waals surface area contributed by atoms with E-state index in [2.05, 4.69) is 20.8 Å². The molecule has 4 rings (SSSR count). The minimum atomic E-state index is -0.889. The first kappa shape index (κ1) is 23.4. The first-order valence-electron chi connectivity index (χ1n) is 11.2. The second-order valence-corrected chi connectivity index (χ2v) is 9.84. The van der Waals surface area contributed by atoms with Gasteiger partial charge < -0.3 is 5.11 Å². The summed E-state index contributed by atoms with van der Waals surface area (Å²) in [5.74, 6) is -2.35. The molecule has 1 fully saturated rings. The highest BCUT2D eigenvalue weighted by Gasteiger charge is 2.47. The van der Waals surface area contributed by atoms with Crippen molar-refractivity contribution in [1.29, 1.82) is 0 Å². The summed E-state index contributed by atoms with van der Waals surface area (Å²) in [5, 5.41) is 11.5. The number of rotatable bonds is 3. The molecular weight excluding hydrogens is 429 g/mol. The second kappa shape index (κ2) is 8.56. The van der Waals surface area contributed by atoms with Gasteiger partial charge in [0.15, 0.2) is 0 Å². The number of Topliss-reactive ketones (excluding diaryl/α,β-unsaturated/α-hetero) is 1. The fourth-order valence-electron chi connectivity index (χ4n) is 4.37. The summed E-state index contributed by atoms with van der Waals surface area (Å²) in [6, 6.07) is 17.9. The van der Waals surface area contributed by atoms with Crippen LogP contribution in [0, 0.1) is 19.7 Å². The summed E-state index contributed by atoms with van der Waals surface area (Å²) < 4.78 is 14.1. The summed E-state index contributed by atoms with van der Waals surface area (Å²) in [5.41, 5.74) is 3.95. The molecule has 0 aliphatic carbocycles. The quantitative estimate of drug-likeness (QED) is 0.283. The van der Waals surface area contributed by atoms with Gasteiger partial charge in [-0.15, -0.1) is 0 Å². The zero-order valence-corrected chi connectivity index (χ0v) is 20.0. The third kappa shape index (κ3) is 4.14. The van der Waals surface area contributed by atoms with Gasteiger partial charge in [0.05, 0.1) is 11.6 Å². The lowest BCUT2D eigenvalue weighted by atomic mass is 9.84. The first-order chi connectivity index (χ1) is 16.0. The van der Waals surface area contributed by atoms with Crippen LogP contribution in [0.5, 0.6) is 0 Å². The standard InChI is InChI=1S/C29H28FNO3/c1-17-8-6-9-19(14-17)25-24(26(32)23-15-20(29(3,4)5)13-12-18(23)2)27(33)28(34)31(25)22-11-7-10-21(30)16-22/h6-16,25,32H,1-5H3/b26-24+. The summed E-state index contributed by atoms with van der Waals surface area (Å²) in [6.07, 6.45) is 0. The molecule has 1 aliphatic rings. The molecule has 3 aromatic rings. The number of hydrogen-bond donors (Lipinski definition) is 1. The van der Waals surface area contributed by atoms with E-state index in [0.717, 1.165) is 16.7 Å². The molecule has 0 bridgehead atoms. The number of amides is 1. The Hall–Kier alpha value is -3.73. The molecule has 1 saturated heterocycles. The number of carbonyl (C=O) groups excluding carboxylic acids is 2. The molecule has 0 aromatic heterocycles. The van der Waals surface area contributed by atoms with Crippen LogP contribution in [0.3, 0.4) is 0 Å². The summed E-state index contributed by atoms with van der Waals surface area (Å²) in [4.78, 5) is 27.9. The Kier molecular flexibility index (Phi) is 5.90. The maximum absolute atomic E-state index is 14.1. The predicted molar refractivity (Wildman–Crippen MR) is 132 cm³/mol. The smallest absolute Gasteiger partial charge is 0.300 e. The van der Waals surface area contributed by atoms with E-state index < -0.39 is 23.5 Å². The number of nitrogens with zero attached hydrogens (tertiary/aromatic N) is 1. The average molecular weight is 458 g/mol. The Bertz CT molecular complexity index is 1330. The zero-order chi connectivity index (χ0) is 24.8. The maximum Gasteiger partial charge on any atom is 0.300 e. The van der Waals surface area contributed by atoms with Gasteiger partial charge in [-0.25, -0.2) is 4.39 Å². The van der Waals surface area contributed by atoms with Crippen molar-refractivity contribution in [3.05, 3.63) is 106 Å². The maximum atomic E-state index is 14.1. The lowest BCUT2D eigenvalue weighted by molar-refractivity contribution is -0.132. The molecule has 5 heteroatoms. The van der Waals surface area contributed by atoms with E-state index in [1.165, 1.54) is 23.1 Å². The van der Waals surface area contributed by atoms with Gasteiger partial charge >= 0.3 is 0 Å². The van der Waals surface area contributed by atoms with Gasteiger partial charge in [-0.3, -0.25) is 14.5 Å². The summed E-state index contributed by atoms with van der Waals surface area (Å²) in [7, 11) is 0. The topological polar surface area (TPSA) is 57.6 Å². The van der Waals surface area contributed by atoms with Crippen molar-refractivity contribution in [3.63, 3.8) is 0 Å². The molecule has 0 radical (unpaired) electrons. The van der Waals surface area contributed by atoms with Crippen LogP contribution in [-0.2, 0) is 15.0 Å². The van der Waals surface area contributed by atoms with Crippen LogP contribution in [0.4, 0.5) is 10.1 Å². The van der Waals surface area contributed by atoms with Crippen molar-refractivity contribution >= 4 is 23.1 Å². The molecule has 1 aliphatic heterocycles. The van der Waals surface area contributed by atoms with Crippen LogP contribution >= 0.6 is 0 Å². The molecule has 1 atom stereocenters. The van der Waals surface area contributed by atoms with Crippen molar-refractivity contribution in [2.45, 2.75) is 46.1 Å². The van der Waals surface area contributed by atoms with Crippen LogP contribution in [0.2, 0.25) is 0 Å². The van der Waals surface area contributed by atoms with E-state index in [0.29, 0.717) is 11.1 Å². The Morgan fingerprint density at radius 3 is 2.29 bits per heavy atom. The molecule has 0 saturated carbocycles. The molecule has 4 nitrogen and oxygen atoms in total. The van der Waals surface area contributed by atoms with Crippen molar-refractivity contribution in [2.75, 3.05) is 4.90 Å². The highest BCUT2D eigenvalue weighted by atomic mass is 19.1. The van der Waals surface area contributed by atoms with E-state index in [1.54, 1.807) is 6.07 Å². The molecule has 34 heavy (non-hydrogen) atoms. The molecule has 174 valence electrons. The van der Waals surface area contributed by atoms with Crippen LogP contribution in [-0.4, -0.2) is 16.8 Å². The first-order valence-corrected chi connectivity index (χ1v) is 11.2. The van der Waals surface area contributed by atoms with Crippen molar-refractivity contribution < 1.29 is 19.1 Å². The Balaban J connectivity index is 2.00. The van der Waals surface area contributed by atoms with Crippen LogP contribution < -0.4 is 4.90 Å². The van der Waals surface area contributed by atoms with E-state index in [9.17, 15) is 19.1 Å². The fourth-order valence-corrected chi connectivity index (χ4v) is 4.37. The highest BCUT2D eigenvalue weighted by molar-refractivity contribution is 6.51. The van der Waals surface area contributed by atoms with E-state index in [1.807, 2.05) is 56.3 Å². The van der Waals surface area contributed by atoms with Gasteiger partial charge in [0, 0.05) is 11.3 Å². The molecule has 1 N–H and O–H groups in total. The number of benzene rings is 3. The van der Waals surface area contributed by atoms with Gasteiger partial charge in [0.25, 0.3) is 11.7 Å². The number of halogens is 1. The highest BCUT2D eigenvalue weighted by Crippen LogP contribution is 2.43. The minimum Gasteiger partial charge on any atom is -0.507 e. The lowest BCUT2D eigenvalue weighted by Crippen LogP contribution is -2.29. The van der Waals surface area contributed by atoms with Gasteiger partial charge in [0.1, 0.15) is 11.6 Å². The summed E-state index contributed by atoms with van der Waals surface area (Å²) >= 11 is 0. The monoisotopic (exact) mass is 457 g/mol. The van der Waals surface area contributed by atoms with Crippen molar-refractivity contribution in [2.24, 2.45) is 0 Å². The Labute approximate surface area is 199 Å². The van der Waals surface area contributed by atoms with Crippen molar-refractivity contribution in [1.82, 2.24) is 0 Å². The van der Waals surface area contributed by atoms with Gasteiger partial charge in [-0.05, 0) is 60.2 Å². The number of aliphatic hydroxyl groups is 1. The number of carbonyl (C=O) groups is 2. The normalized spacial score (nSPS) is 17.9. The number of aryl methyl sites for hydroxylation is 2. The largest absolute Gasteiger partial charge is 0.507 e. The molecule has 1 heterocycles. The van der Waals surface area contributed by atoms with Crippen LogP contribution in [0.15, 0.2) is 72.3 Å². The Morgan fingerprint density at radius 2 is 1.65 bits per heavy atom. The molecule has 1 amide bonds. The SMILES string of the molecule is Cc1cccc(C2/C(=C(\O)c3cc(C(C)(C)C)ccc3C)C(=O)C(=O)N2c2cccc(F)c2)c1. The minimum absolute atomic E-state index is 0.00554. The van der Waals surface area contributed by atoms with E-state index >= 15 is 0 Å². The summed E-state index contributed by atoms with van der Waals surface area (Å²) in [6.45, 7) is 9.96. The predicted octanol–water partition coefficient (Wildman–Crippen LogP) is 6.37. The second-order valence-electron chi connectivity index (χ2n) is 9.84. The van der Waals surface area contributed by atoms with Gasteiger partial charge in [-0.1, -0.05) is 68.8 Å². The fraction of sp³-hybridized carbons (Fsp3) is 0.241. The van der Waals surface area contributed by atoms with E-state index in [-0.39, 0.29) is 22.4 Å². The van der Waals surface area contributed by atoms with Gasteiger partial charge in [-0.2, -0.15) is 0 Å². The molecular formula is C29H28FNO3. The molecule has 3 aromatic carbocycles. The van der Waals surface area contributed by atoms with E-state index in [4.69, 9.17) is 0 Å². The Morgan fingerprint density at radius 1 is 0.941 bits per heavy atom. The van der Waals surface area contributed by atoms with Gasteiger partial charge in [0.2, 0.25) is 0 Å². The van der Waals surface area contributed by atoms with Crippen molar-refractivity contribution in [3.8, 4) is 0 Å².